The van der Waals surface area contributed by atoms with Crippen molar-refractivity contribution in [3.63, 3.8) is 0 Å². The zero-order valence-corrected chi connectivity index (χ0v) is 12.4. The molecule has 0 spiro atoms. The van der Waals surface area contributed by atoms with E-state index in [4.69, 9.17) is 0 Å². The normalized spacial score (nSPS) is 12.5. The van der Waals surface area contributed by atoms with Crippen LogP contribution in [0.1, 0.15) is 15.4 Å². The van der Waals surface area contributed by atoms with Gasteiger partial charge in [0.2, 0.25) is 0 Å². The summed E-state index contributed by atoms with van der Waals surface area (Å²) in [6.07, 6.45) is 1.88. The van der Waals surface area contributed by atoms with Gasteiger partial charge in [0.1, 0.15) is 4.83 Å². The van der Waals surface area contributed by atoms with Crippen LogP contribution in [0.5, 0.6) is 0 Å². The Morgan fingerprint density at radius 3 is 2.84 bits per heavy atom. The molecule has 0 aliphatic carbocycles. The quantitative estimate of drug-likeness (QED) is 0.689. The standard InChI is InChI=1S/C12H12N4OS2/c1-7-8-6-9(19-11(8)16(3)14-7)10(17)13-12-15(2)4-5-18-12/h4-6H,1-3H3. The molecule has 3 heterocycles. The van der Waals surface area contributed by atoms with Crippen LogP contribution in [0.15, 0.2) is 22.6 Å². The van der Waals surface area contributed by atoms with Crippen molar-refractivity contribution in [3.05, 3.63) is 33.0 Å². The maximum absolute atomic E-state index is 12.2. The summed E-state index contributed by atoms with van der Waals surface area (Å²) >= 11 is 2.88. The molecule has 19 heavy (non-hydrogen) atoms. The maximum Gasteiger partial charge on any atom is 0.289 e. The smallest absolute Gasteiger partial charge is 0.289 e. The van der Waals surface area contributed by atoms with E-state index in [-0.39, 0.29) is 5.91 Å². The van der Waals surface area contributed by atoms with E-state index in [1.165, 1.54) is 22.7 Å². The van der Waals surface area contributed by atoms with Gasteiger partial charge in [0.25, 0.3) is 5.91 Å². The molecule has 98 valence electrons. The van der Waals surface area contributed by atoms with E-state index in [1.807, 2.05) is 43.2 Å². The maximum atomic E-state index is 12.2. The van der Waals surface area contributed by atoms with Gasteiger partial charge in [-0.3, -0.25) is 9.48 Å². The van der Waals surface area contributed by atoms with Crippen molar-refractivity contribution in [2.24, 2.45) is 19.1 Å². The summed E-state index contributed by atoms with van der Waals surface area (Å²) in [5.74, 6) is -0.196. The van der Waals surface area contributed by atoms with Gasteiger partial charge in [-0.15, -0.1) is 22.7 Å². The number of nitrogens with zero attached hydrogens (tertiary/aromatic N) is 4. The summed E-state index contributed by atoms with van der Waals surface area (Å²) in [5.41, 5.74) is 0.939. The van der Waals surface area contributed by atoms with Crippen LogP contribution < -0.4 is 4.80 Å². The fourth-order valence-corrected chi connectivity index (χ4v) is 3.62. The molecule has 5 nitrogen and oxygen atoms in total. The number of carbonyl (C=O) groups is 1. The molecule has 0 aromatic carbocycles. The molecule has 0 unspecified atom stereocenters. The minimum absolute atomic E-state index is 0.196. The first-order valence-electron chi connectivity index (χ1n) is 5.68. The number of hydrogen-bond donors (Lipinski definition) is 0. The number of thiophene rings is 1. The number of rotatable bonds is 1. The van der Waals surface area contributed by atoms with Gasteiger partial charge in [0.15, 0.2) is 4.80 Å². The van der Waals surface area contributed by atoms with E-state index in [1.54, 1.807) is 4.68 Å². The van der Waals surface area contributed by atoms with Gasteiger partial charge in [-0.05, 0) is 13.0 Å². The average Bonchev–Trinajstić information content (AvgIpc) is 3.01. The zero-order chi connectivity index (χ0) is 13.6. The minimum atomic E-state index is -0.196. The summed E-state index contributed by atoms with van der Waals surface area (Å²) in [6, 6.07) is 1.88. The molecule has 0 saturated heterocycles. The van der Waals surface area contributed by atoms with Gasteiger partial charge < -0.3 is 4.57 Å². The monoisotopic (exact) mass is 292 g/mol. The predicted octanol–water partition coefficient (Wildman–Crippen LogP) is 2.08. The highest BCUT2D eigenvalue weighted by molar-refractivity contribution is 7.20. The van der Waals surface area contributed by atoms with Gasteiger partial charge >= 0.3 is 0 Å². The molecule has 0 N–H and O–H groups in total. The van der Waals surface area contributed by atoms with Gasteiger partial charge in [0.05, 0.1) is 10.6 Å². The molecule has 0 radical (unpaired) electrons. The van der Waals surface area contributed by atoms with Gasteiger partial charge in [-0.1, -0.05) is 0 Å². The molecule has 0 saturated carbocycles. The van der Waals surface area contributed by atoms with Crippen LogP contribution >= 0.6 is 22.7 Å². The van der Waals surface area contributed by atoms with Gasteiger partial charge in [0, 0.05) is 31.1 Å². The second kappa shape index (κ2) is 4.43. The van der Waals surface area contributed by atoms with Crippen molar-refractivity contribution < 1.29 is 4.79 Å². The fourth-order valence-electron chi connectivity index (χ4n) is 1.89. The van der Waals surface area contributed by atoms with Crippen molar-refractivity contribution in [2.75, 3.05) is 0 Å². The lowest BCUT2D eigenvalue weighted by Gasteiger charge is -1.91. The predicted molar refractivity (Wildman–Crippen MR) is 76.5 cm³/mol. The number of aromatic nitrogens is 3. The molecule has 1 amide bonds. The van der Waals surface area contributed by atoms with Crippen molar-refractivity contribution in [3.8, 4) is 0 Å². The van der Waals surface area contributed by atoms with Crippen LogP contribution in [0.2, 0.25) is 0 Å². The van der Waals surface area contributed by atoms with E-state index >= 15 is 0 Å². The summed E-state index contributed by atoms with van der Waals surface area (Å²) in [4.78, 5) is 18.7. The SMILES string of the molecule is Cc1nn(C)c2sc(C(=O)N=c3sccn3C)cc12. The van der Waals surface area contributed by atoms with Crippen LogP contribution in [0.4, 0.5) is 0 Å². The molecule has 7 heteroatoms. The molecule has 3 aromatic rings. The Kier molecular flexibility index (Phi) is 2.87. The van der Waals surface area contributed by atoms with E-state index < -0.39 is 0 Å². The first kappa shape index (κ1) is 12.3. The third-order valence-electron chi connectivity index (χ3n) is 2.86. The third kappa shape index (κ3) is 2.04. The Bertz CT molecular complexity index is 799. The number of aryl methyl sites for hydroxylation is 3. The Balaban J connectivity index is 2.08. The van der Waals surface area contributed by atoms with Crippen molar-refractivity contribution in [1.29, 1.82) is 0 Å². The lowest BCUT2D eigenvalue weighted by atomic mass is 10.3. The van der Waals surface area contributed by atoms with E-state index in [9.17, 15) is 4.79 Å². The second-order valence-corrected chi connectivity index (χ2v) is 6.16. The largest absolute Gasteiger partial charge is 0.327 e. The third-order valence-corrected chi connectivity index (χ3v) is 4.90. The topological polar surface area (TPSA) is 52.2 Å². The lowest BCUT2D eigenvalue weighted by Crippen LogP contribution is -2.12. The summed E-state index contributed by atoms with van der Waals surface area (Å²) in [7, 11) is 3.76. The lowest BCUT2D eigenvalue weighted by molar-refractivity contribution is 0.100. The van der Waals surface area contributed by atoms with Crippen LogP contribution in [-0.4, -0.2) is 20.3 Å². The Morgan fingerprint density at radius 1 is 1.42 bits per heavy atom. The highest BCUT2D eigenvalue weighted by Crippen LogP contribution is 2.27. The van der Waals surface area contributed by atoms with E-state index in [2.05, 4.69) is 10.1 Å². The Labute approximate surface area is 117 Å². The second-order valence-electron chi connectivity index (χ2n) is 4.25. The molecular weight excluding hydrogens is 280 g/mol. The van der Waals surface area contributed by atoms with Gasteiger partial charge in [-0.2, -0.15) is 10.1 Å². The van der Waals surface area contributed by atoms with Crippen LogP contribution in [0, 0.1) is 6.92 Å². The number of fused-ring (bicyclic) bond motifs is 1. The number of thiazole rings is 1. The van der Waals surface area contributed by atoms with E-state index in [0.717, 1.165) is 15.9 Å². The average molecular weight is 292 g/mol. The van der Waals surface area contributed by atoms with Crippen LogP contribution in [0.25, 0.3) is 10.2 Å². The van der Waals surface area contributed by atoms with E-state index in [0.29, 0.717) is 9.68 Å². The molecule has 0 atom stereocenters. The fraction of sp³-hybridized carbons (Fsp3) is 0.250. The summed E-state index contributed by atoms with van der Waals surface area (Å²) < 4.78 is 3.64. The Morgan fingerprint density at radius 2 is 2.21 bits per heavy atom. The number of carbonyl (C=O) groups excluding carboxylic acids is 1. The molecule has 3 aromatic heterocycles. The highest BCUT2D eigenvalue weighted by Gasteiger charge is 2.14. The van der Waals surface area contributed by atoms with Crippen molar-refractivity contribution in [2.45, 2.75) is 6.92 Å². The molecule has 0 aliphatic heterocycles. The first-order chi connectivity index (χ1) is 9.06. The molecule has 0 fully saturated rings. The molecular formula is C12H12N4OS2. The molecule has 0 bridgehead atoms. The highest BCUT2D eigenvalue weighted by atomic mass is 32.1. The number of amides is 1. The molecule has 0 aliphatic rings. The first-order valence-corrected chi connectivity index (χ1v) is 7.38. The summed E-state index contributed by atoms with van der Waals surface area (Å²) in [6.45, 7) is 1.94. The van der Waals surface area contributed by atoms with Crippen molar-refractivity contribution in [1.82, 2.24) is 14.3 Å². The zero-order valence-electron chi connectivity index (χ0n) is 10.7. The van der Waals surface area contributed by atoms with Crippen LogP contribution in [-0.2, 0) is 14.1 Å². The summed E-state index contributed by atoms with van der Waals surface area (Å²) in [5, 5.41) is 7.26. The van der Waals surface area contributed by atoms with Crippen LogP contribution in [0.3, 0.4) is 0 Å². The minimum Gasteiger partial charge on any atom is -0.327 e. The van der Waals surface area contributed by atoms with Gasteiger partial charge in [-0.25, -0.2) is 0 Å². The Hall–Kier alpha value is -1.73. The molecule has 3 rings (SSSR count). The number of hydrogen-bond acceptors (Lipinski definition) is 4. The van der Waals surface area contributed by atoms with Crippen molar-refractivity contribution >= 4 is 38.8 Å².